The first-order valence-corrected chi connectivity index (χ1v) is 5.60. The second-order valence-electron chi connectivity index (χ2n) is 3.49. The van der Waals surface area contributed by atoms with Gasteiger partial charge in [-0.05, 0) is 17.2 Å². The van der Waals surface area contributed by atoms with Crippen molar-refractivity contribution in [1.29, 1.82) is 0 Å². The second kappa shape index (κ2) is 4.87. The van der Waals surface area contributed by atoms with E-state index in [2.05, 4.69) is 5.10 Å². The van der Waals surface area contributed by atoms with Crippen molar-refractivity contribution in [3.8, 4) is 0 Å². The molecule has 2 aromatic rings. The van der Waals surface area contributed by atoms with Gasteiger partial charge in [0.05, 0.1) is 17.8 Å². The molecule has 0 aliphatic carbocycles. The van der Waals surface area contributed by atoms with Crippen LogP contribution in [0.5, 0.6) is 0 Å². The van der Waals surface area contributed by atoms with Gasteiger partial charge in [-0.2, -0.15) is 5.10 Å². The fourth-order valence-corrected chi connectivity index (χ4v) is 1.86. The minimum Gasteiger partial charge on any atom is -0.326 e. The lowest BCUT2D eigenvalue weighted by atomic mass is 10.1. The molecule has 0 fully saturated rings. The minimum absolute atomic E-state index is 0.494. The Kier molecular flexibility index (Phi) is 3.49. The van der Waals surface area contributed by atoms with E-state index >= 15 is 0 Å². The number of halogens is 2. The summed E-state index contributed by atoms with van der Waals surface area (Å²) in [5, 5.41) is 5.42. The fraction of sp³-hybridized carbons (Fsp3) is 0.182. The fourth-order valence-electron chi connectivity index (χ4n) is 1.45. The number of nitrogens with zero attached hydrogens (tertiary/aromatic N) is 2. The summed E-state index contributed by atoms with van der Waals surface area (Å²) in [5.41, 5.74) is 7.55. The first-order chi connectivity index (χ1) is 7.69. The number of benzene rings is 1. The van der Waals surface area contributed by atoms with Crippen LogP contribution in [-0.4, -0.2) is 9.78 Å². The van der Waals surface area contributed by atoms with Crippen LogP contribution in [0.2, 0.25) is 10.0 Å². The summed E-state index contributed by atoms with van der Waals surface area (Å²) in [4.78, 5) is 0. The molecule has 0 saturated carbocycles. The molecule has 3 nitrogen and oxygen atoms in total. The van der Waals surface area contributed by atoms with E-state index in [9.17, 15) is 0 Å². The van der Waals surface area contributed by atoms with Gasteiger partial charge in [0.1, 0.15) is 0 Å². The van der Waals surface area contributed by atoms with Crippen LogP contribution in [0, 0.1) is 0 Å². The molecule has 2 N–H and O–H groups in total. The van der Waals surface area contributed by atoms with Crippen LogP contribution in [0.4, 0.5) is 0 Å². The summed E-state index contributed by atoms with van der Waals surface area (Å²) in [6, 6.07) is 5.80. The molecule has 5 heteroatoms. The van der Waals surface area contributed by atoms with E-state index in [0.29, 0.717) is 23.1 Å². The van der Waals surface area contributed by atoms with Gasteiger partial charge >= 0.3 is 0 Å². The van der Waals surface area contributed by atoms with Crippen molar-refractivity contribution in [3.63, 3.8) is 0 Å². The van der Waals surface area contributed by atoms with E-state index in [1.807, 2.05) is 18.2 Å². The molecule has 0 unspecified atom stereocenters. The highest BCUT2D eigenvalue weighted by molar-refractivity contribution is 6.31. The number of aromatic nitrogens is 2. The average Bonchev–Trinajstić information content (AvgIpc) is 2.67. The molecular weight excluding hydrogens is 245 g/mol. The largest absolute Gasteiger partial charge is 0.326 e. The third-order valence-electron chi connectivity index (χ3n) is 2.29. The number of nitrogens with two attached hydrogens (primary N) is 1. The smallest absolute Gasteiger partial charge is 0.0785 e. The summed E-state index contributed by atoms with van der Waals surface area (Å²) in [7, 11) is 0. The molecular formula is C11H11Cl2N3. The van der Waals surface area contributed by atoms with Gasteiger partial charge in [-0.3, -0.25) is 4.68 Å². The first-order valence-electron chi connectivity index (χ1n) is 4.84. The monoisotopic (exact) mass is 255 g/mol. The predicted octanol–water partition coefficient (Wildman–Crippen LogP) is 2.70. The quantitative estimate of drug-likeness (QED) is 0.917. The average molecular weight is 256 g/mol. The van der Waals surface area contributed by atoms with Crippen LogP contribution >= 0.6 is 23.2 Å². The molecule has 0 aliphatic heterocycles. The van der Waals surface area contributed by atoms with E-state index in [4.69, 9.17) is 28.9 Å². The van der Waals surface area contributed by atoms with Crippen molar-refractivity contribution in [1.82, 2.24) is 9.78 Å². The zero-order chi connectivity index (χ0) is 11.5. The van der Waals surface area contributed by atoms with Crippen LogP contribution in [0.1, 0.15) is 11.1 Å². The maximum absolute atomic E-state index is 6.14. The summed E-state index contributed by atoms with van der Waals surface area (Å²) < 4.78 is 1.74. The summed E-state index contributed by atoms with van der Waals surface area (Å²) >= 11 is 11.9. The van der Waals surface area contributed by atoms with Crippen molar-refractivity contribution in [2.24, 2.45) is 5.73 Å². The lowest BCUT2D eigenvalue weighted by molar-refractivity contribution is 0.687. The van der Waals surface area contributed by atoms with Gasteiger partial charge in [0.25, 0.3) is 0 Å². The van der Waals surface area contributed by atoms with E-state index in [1.165, 1.54) is 0 Å². The normalized spacial score (nSPS) is 10.7. The molecule has 1 heterocycles. The molecule has 1 aromatic carbocycles. The highest BCUT2D eigenvalue weighted by Gasteiger charge is 2.03. The Labute approximate surface area is 104 Å². The van der Waals surface area contributed by atoms with Gasteiger partial charge in [-0.25, -0.2) is 0 Å². The molecule has 0 aliphatic rings. The Balaban J connectivity index is 2.21. The zero-order valence-corrected chi connectivity index (χ0v) is 10.0. The van der Waals surface area contributed by atoms with Crippen molar-refractivity contribution in [2.75, 3.05) is 0 Å². The maximum Gasteiger partial charge on any atom is 0.0785 e. The van der Waals surface area contributed by atoms with Gasteiger partial charge in [0.2, 0.25) is 0 Å². The number of rotatable bonds is 3. The summed E-state index contributed by atoms with van der Waals surface area (Å²) in [6.45, 7) is 1.10. The molecule has 2 rings (SSSR count). The van der Waals surface area contributed by atoms with Crippen molar-refractivity contribution >= 4 is 23.2 Å². The number of hydrogen-bond acceptors (Lipinski definition) is 2. The molecule has 84 valence electrons. The molecule has 0 saturated heterocycles. The van der Waals surface area contributed by atoms with Crippen LogP contribution in [0.15, 0.2) is 30.6 Å². The van der Waals surface area contributed by atoms with Gasteiger partial charge in [0.15, 0.2) is 0 Å². The van der Waals surface area contributed by atoms with Crippen LogP contribution in [0.25, 0.3) is 0 Å². The molecule has 0 bridgehead atoms. The van der Waals surface area contributed by atoms with Gasteiger partial charge in [-0.15, -0.1) is 0 Å². The molecule has 0 atom stereocenters. The lowest BCUT2D eigenvalue weighted by Gasteiger charge is -2.06. The Hall–Kier alpha value is -1.03. The summed E-state index contributed by atoms with van der Waals surface area (Å²) in [5.74, 6) is 0. The predicted molar refractivity (Wildman–Crippen MR) is 65.7 cm³/mol. The molecule has 0 spiro atoms. The van der Waals surface area contributed by atoms with E-state index in [-0.39, 0.29) is 0 Å². The zero-order valence-electron chi connectivity index (χ0n) is 8.53. The van der Waals surface area contributed by atoms with Crippen LogP contribution < -0.4 is 5.73 Å². The van der Waals surface area contributed by atoms with E-state index in [1.54, 1.807) is 17.1 Å². The van der Waals surface area contributed by atoms with Gasteiger partial charge < -0.3 is 5.73 Å². The van der Waals surface area contributed by atoms with Crippen molar-refractivity contribution in [3.05, 3.63) is 51.8 Å². The van der Waals surface area contributed by atoms with Crippen LogP contribution in [0.3, 0.4) is 0 Å². The highest BCUT2D eigenvalue weighted by atomic mass is 35.5. The van der Waals surface area contributed by atoms with E-state index < -0.39 is 0 Å². The third-order valence-corrected chi connectivity index (χ3v) is 2.83. The SMILES string of the molecule is NCc1ccc(Cn2cc(Cl)cn2)c(Cl)c1. The maximum atomic E-state index is 6.14. The third kappa shape index (κ3) is 2.55. The Morgan fingerprint density at radius 1 is 1.31 bits per heavy atom. The second-order valence-corrected chi connectivity index (χ2v) is 4.33. The Morgan fingerprint density at radius 2 is 2.12 bits per heavy atom. The van der Waals surface area contributed by atoms with E-state index in [0.717, 1.165) is 11.1 Å². The first kappa shape index (κ1) is 11.5. The Morgan fingerprint density at radius 3 is 2.69 bits per heavy atom. The van der Waals surface area contributed by atoms with Crippen molar-refractivity contribution < 1.29 is 0 Å². The standard InChI is InChI=1S/C11H11Cl2N3/c12-10-5-15-16(7-10)6-9-2-1-8(4-14)3-11(9)13/h1-3,5,7H,4,6,14H2. The highest BCUT2D eigenvalue weighted by Crippen LogP contribution is 2.19. The van der Waals surface area contributed by atoms with Crippen LogP contribution in [-0.2, 0) is 13.1 Å². The number of hydrogen-bond donors (Lipinski definition) is 1. The van der Waals surface area contributed by atoms with Gasteiger partial charge in [-0.1, -0.05) is 35.3 Å². The molecule has 16 heavy (non-hydrogen) atoms. The molecule has 1 aromatic heterocycles. The molecule has 0 amide bonds. The lowest BCUT2D eigenvalue weighted by Crippen LogP contribution is -2.02. The molecule has 0 radical (unpaired) electrons. The Bertz CT molecular complexity index is 494. The van der Waals surface area contributed by atoms with Crippen molar-refractivity contribution in [2.45, 2.75) is 13.1 Å². The minimum atomic E-state index is 0.494. The summed E-state index contributed by atoms with van der Waals surface area (Å²) in [6.07, 6.45) is 3.36. The van der Waals surface area contributed by atoms with Gasteiger partial charge in [0, 0.05) is 17.8 Å². The topological polar surface area (TPSA) is 43.8 Å².